The van der Waals surface area contributed by atoms with E-state index in [1.54, 1.807) is 11.3 Å². The van der Waals surface area contributed by atoms with Gasteiger partial charge in [-0.1, -0.05) is 5.16 Å². The molecule has 0 aliphatic carbocycles. The summed E-state index contributed by atoms with van der Waals surface area (Å²) in [7, 11) is 0. The molecule has 2 heterocycles. The van der Waals surface area contributed by atoms with Crippen LogP contribution in [0.15, 0.2) is 40.2 Å². The minimum atomic E-state index is -0.608. The summed E-state index contributed by atoms with van der Waals surface area (Å²) in [6, 6.07) is 5.42. The van der Waals surface area contributed by atoms with Crippen molar-refractivity contribution in [3.8, 4) is 0 Å². The van der Waals surface area contributed by atoms with Crippen molar-refractivity contribution in [3.05, 3.63) is 57.8 Å². The molecule has 0 bridgehead atoms. The molecule has 1 aromatic carbocycles. The molecule has 1 aliphatic heterocycles. The lowest BCUT2D eigenvalue weighted by molar-refractivity contribution is 0.0860. The molecule has 0 saturated carbocycles. The molecule has 0 amide bonds. The fraction of sp³-hybridized carbons (Fsp3) is 0.154. The summed E-state index contributed by atoms with van der Waals surface area (Å²) in [5.74, 6) is -1.20. The van der Waals surface area contributed by atoms with E-state index >= 15 is 0 Å². The Morgan fingerprint density at radius 3 is 2.89 bits per heavy atom. The Balaban J connectivity index is 1.83. The largest absolute Gasteiger partial charge is 0.387 e. The maximum Gasteiger partial charge on any atom is 0.159 e. The van der Waals surface area contributed by atoms with E-state index < -0.39 is 11.6 Å². The molecule has 0 radical (unpaired) electrons. The summed E-state index contributed by atoms with van der Waals surface area (Å²) in [6.07, 6.45) is 0.329. The third kappa shape index (κ3) is 2.01. The molecular formula is C13H9F2NOS. The van der Waals surface area contributed by atoms with Gasteiger partial charge in [-0.15, -0.1) is 0 Å². The number of hydrogen-bond acceptors (Lipinski definition) is 3. The summed E-state index contributed by atoms with van der Waals surface area (Å²) < 4.78 is 26.4. The van der Waals surface area contributed by atoms with Gasteiger partial charge in [-0.2, -0.15) is 11.3 Å². The van der Waals surface area contributed by atoms with Crippen LogP contribution >= 0.6 is 11.3 Å². The first-order valence-electron chi connectivity index (χ1n) is 5.44. The second-order valence-electron chi connectivity index (χ2n) is 4.02. The van der Waals surface area contributed by atoms with Crippen LogP contribution in [0.3, 0.4) is 0 Å². The Kier molecular flexibility index (Phi) is 2.83. The minimum Gasteiger partial charge on any atom is -0.387 e. The zero-order valence-corrected chi connectivity index (χ0v) is 10.1. The Hall–Kier alpha value is -1.75. The highest BCUT2D eigenvalue weighted by Gasteiger charge is 2.25. The highest BCUT2D eigenvalue weighted by molar-refractivity contribution is 7.07. The lowest BCUT2D eigenvalue weighted by Gasteiger charge is -2.05. The molecule has 1 unspecified atom stereocenters. The van der Waals surface area contributed by atoms with E-state index in [1.165, 1.54) is 12.1 Å². The highest BCUT2D eigenvalue weighted by Crippen LogP contribution is 2.31. The van der Waals surface area contributed by atoms with Gasteiger partial charge in [0, 0.05) is 23.6 Å². The van der Waals surface area contributed by atoms with Crippen LogP contribution in [0.4, 0.5) is 8.78 Å². The van der Waals surface area contributed by atoms with E-state index in [0.29, 0.717) is 17.7 Å². The molecule has 1 aromatic heterocycles. The van der Waals surface area contributed by atoms with Crippen LogP contribution in [-0.4, -0.2) is 5.71 Å². The van der Waals surface area contributed by atoms with Crippen molar-refractivity contribution in [1.82, 2.24) is 0 Å². The monoisotopic (exact) mass is 265 g/mol. The van der Waals surface area contributed by atoms with E-state index in [9.17, 15) is 8.78 Å². The maximum atomic E-state index is 13.6. The van der Waals surface area contributed by atoms with Crippen molar-refractivity contribution in [2.45, 2.75) is 12.5 Å². The highest BCUT2D eigenvalue weighted by atomic mass is 32.1. The second kappa shape index (κ2) is 4.49. The third-order valence-electron chi connectivity index (χ3n) is 2.83. The summed E-state index contributed by atoms with van der Waals surface area (Å²) >= 11 is 1.57. The van der Waals surface area contributed by atoms with Crippen LogP contribution in [0.5, 0.6) is 0 Å². The predicted octanol–water partition coefficient (Wildman–Crippen LogP) is 3.89. The lowest BCUT2D eigenvalue weighted by atomic mass is 10.0. The summed E-state index contributed by atoms with van der Waals surface area (Å²) in [5.41, 5.74) is 1.85. The Bertz CT molecular complexity index is 595. The molecule has 2 nitrogen and oxygen atoms in total. The SMILES string of the molecule is Fc1ccc(C2=NOC(c3ccsc3)C2)c(F)c1. The van der Waals surface area contributed by atoms with Gasteiger partial charge in [-0.05, 0) is 29.0 Å². The molecule has 0 saturated heterocycles. The van der Waals surface area contributed by atoms with Crippen LogP contribution in [-0.2, 0) is 4.84 Å². The third-order valence-corrected chi connectivity index (χ3v) is 3.53. The standard InChI is InChI=1S/C13H9F2NOS/c14-9-1-2-10(11(15)5-9)12-6-13(17-16-12)8-3-4-18-7-8/h1-5,7,13H,6H2. The fourth-order valence-electron chi connectivity index (χ4n) is 1.90. The van der Waals surface area contributed by atoms with Crippen LogP contribution in [0.25, 0.3) is 0 Å². The van der Waals surface area contributed by atoms with Gasteiger partial charge in [0.25, 0.3) is 0 Å². The average Bonchev–Trinajstić information content (AvgIpc) is 2.99. The van der Waals surface area contributed by atoms with Gasteiger partial charge in [-0.25, -0.2) is 8.78 Å². The van der Waals surface area contributed by atoms with E-state index in [1.807, 2.05) is 16.8 Å². The van der Waals surface area contributed by atoms with E-state index in [-0.39, 0.29) is 6.10 Å². The topological polar surface area (TPSA) is 21.6 Å². The predicted molar refractivity (Wildman–Crippen MR) is 65.7 cm³/mol. The van der Waals surface area contributed by atoms with Gasteiger partial charge >= 0.3 is 0 Å². The summed E-state index contributed by atoms with van der Waals surface area (Å²) in [6.45, 7) is 0. The number of nitrogens with zero attached hydrogens (tertiary/aromatic N) is 1. The maximum absolute atomic E-state index is 13.6. The number of oxime groups is 1. The van der Waals surface area contributed by atoms with E-state index in [0.717, 1.165) is 11.6 Å². The molecule has 2 aromatic rings. The average molecular weight is 265 g/mol. The number of thiophene rings is 1. The minimum absolute atomic E-state index is 0.171. The lowest BCUT2D eigenvalue weighted by Crippen LogP contribution is -2.03. The van der Waals surface area contributed by atoms with Gasteiger partial charge in [0.15, 0.2) is 6.10 Å². The molecule has 1 atom stereocenters. The number of benzene rings is 1. The van der Waals surface area contributed by atoms with E-state index in [2.05, 4.69) is 5.16 Å². The van der Waals surface area contributed by atoms with Crippen molar-refractivity contribution < 1.29 is 13.6 Å². The first-order valence-corrected chi connectivity index (χ1v) is 6.38. The molecular weight excluding hydrogens is 256 g/mol. The van der Waals surface area contributed by atoms with Crippen LogP contribution in [0.2, 0.25) is 0 Å². The molecule has 0 N–H and O–H groups in total. The van der Waals surface area contributed by atoms with Crippen molar-refractivity contribution in [2.24, 2.45) is 5.16 Å². The zero-order chi connectivity index (χ0) is 12.5. The Labute approximate surface area is 107 Å². The van der Waals surface area contributed by atoms with Crippen molar-refractivity contribution in [1.29, 1.82) is 0 Å². The first kappa shape index (κ1) is 11.3. The first-order chi connectivity index (χ1) is 8.74. The molecule has 18 heavy (non-hydrogen) atoms. The van der Waals surface area contributed by atoms with Crippen LogP contribution in [0.1, 0.15) is 23.7 Å². The smallest absolute Gasteiger partial charge is 0.159 e. The molecule has 0 fully saturated rings. The van der Waals surface area contributed by atoms with Gasteiger partial charge < -0.3 is 4.84 Å². The van der Waals surface area contributed by atoms with Crippen molar-refractivity contribution >= 4 is 17.0 Å². The second-order valence-corrected chi connectivity index (χ2v) is 4.80. The molecule has 3 rings (SSSR count). The quantitative estimate of drug-likeness (QED) is 0.807. The van der Waals surface area contributed by atoms with Gasteiger partial charge in [0.1, 0.15) is 11.6 Å². The van der Waals surface area contributed by atoms with Gasteiger partial charge in [0.05, 0.1) is 5.71 Å². The molecule has 5 heteroatoms. The van der Waals surface area contributed by atoms with Crippen molar-refractivity contribution in [2.75, 3.05) is 0 Å². The van der Waals surface area contributed by atoms with Crippen LogP contribution in [0, 0.1) is 11.6 Å². The normalized spacial score (nSPS) is 18.6. The number of halogens is 2. The Morgan fingerprint density at radius 2 is 2.17 bits per heavy atom. The Morgan fingerprint density at radius 1 is 1.28 bits per heavy atom. The number of hydrogen-bond donors (Lipinski definition) is 0. The molecule has 0 spiro atoms. The van der Waals surface area contributed by atoms with Crippen molar-refractivity contribution in [3.63, 3.8) is 0 Å². The molecule has 1 aliphatic rings. The van der Waals surface area contributed by atoms with Gasteiger partial charge in [-0.3, -0.25) is 0 Å². The number of rotatable bonds is 2. The zero-order valence-electron chi connectivity index (χ0n) is 9.27. The summed E-state index contributed by atoms with van der Waals surface area (Å²) in [5, 5.41) is 7.82. The van der Waals surface area contributed by atoms with E-state index in [4.69, 9.17) is 4.84 Å². The molecule has 92 valence electrons. The summed E-state index contributed by atoms with van der Waals surface area (Å²) in [4.78, 5) is 5.28. The fourth-order valence-corrected chi connectivity index (χ4v) is 2.60. The van der Waals surface area contributed by atoms with Gasteiger partial charge in [0.2, 0.25) is 0 Å². The van der Waals surface area contributed by atoms with Crippen LogP contribution < -0.4 is 0 Å².